The van der Waals surface area contributed by atoms with Gasteiger partial charge < -0.3 is 15.4 Å². The minimum absolute atomic E-state index is 0. The van der Waals surface area contributed by atoms with Gasteiger partial charge in [0.1, 0.15) is 5.82 Å². The maximum Gasteiger partial charge on any atom is 0.191 e. The van der Waals surface area contributed by atoms with E-state index < -0.39 is 0 Å². The van der Waals surface area contributed by atoms with Crippen molar-refractivity contribution < 1.29 is 4.74 Å². The molecule has 4 unspecified atom stereocenters. The molecule has 1 aromatic heterocycles. The van der Waals surface area contributed by atoms with Gasteiger partial charge in [-0.3, -0.25) is 4.99 Å². The van der Waals surface area contributed by atoms with Gasteiger partial charge in [-0.05, 0) is 19.3 Å². The highest BCUT2D eigenvalue weighted by atomic mass is 127. The van der Waals surface area contributed by atoms with Gasteiger partial charge in [0.25, 0.3) is 0 Å². The summed E-state index contributed by atoms with van der Waals surface area (Å²) in [6.45, 7) is 8.47. The summed E-state index contributed by atoms with van der Waals surface area (Å²) >= 11 is 0. The lowest BCUT2D eigenvalue weighted by molar-refractivity contribution is -0.188. The van der Waals surface area contributed by atoms with Gasteiger partial charge in [0, 0.05) is 49.9 Å². The van der Waals surface area contributed by atoms with Crippen molar-refractivity contribution in [2.45, 2.75) is 77.6 Å². The highest BCUT2D eigenvalue weighted by Gasteiger charge is 2.58. The van der Waals surface area contributed by atoms with E-state index in [2.05, 4.69) is 51.2 Å². The van der Waals surface area contributed by atoms with Crippen LogP contribution in [0.4, 0.5) is 0 Å². The fourth-order valence-corrected chi connectivity index (χ4v) is 4.96. The molecule has 3 heterocycles. The molecule has 0 amide bonds. The van der Waals surface area contributed by atoms with E-state index in [9.17, 15) is 0 Å². The van der Waals surface area contributed by atoms with Crippen molar-refractivity contribution in [1.82, 2.24) is 25.4 Å². The Morgan fingerprint density at radius 1 is 1.33 bits per heavy atom. The number of hydrogen-bond donors (Lipinski definition) is 2. The first-order valence-corrected chi connectivity index (χ1v) is 10.1. The standard InChI is InChI=1S/C19H32N6O.HI/c1-5-14-22-15-9-8-12(11-25(15)24-14)21-18(20-4)23-16-13-7-6-10-26-17(13)19(16,2)3;/h12-13,16-17H,5-11H2,1-4H3,(H2,20,21,23);1H. The second kappa shape index (κ2) is 8.23. The monoisotopic (exact) mass is 488 g/mol. The molecule has 4 rings (SSSR count). The average Bonchev–Trinajstić information content (AvgIpc) is 3.07. The quantitative estimate of drug-likeness (QED) is 0.388. The smallest absolute Gasteiger partial charge is 0.191 e. The summed E-state index contributed by atoms with van der Waals surface area (Å²) in [5.41, 5.74) is 0.143. The number of nitrogens with zero attached hydrogens (tertiary/aromatic N) is 4. The van der Waals surface area contributed by atoms with Crippen LogP contribution < -0.4 is 10.6 Å². The van der Waals surface area contributed by atoms with E-state index in [-0.39, 0.29) is 29.4 Å². The van der Waals surface area contributed by atoms with E-state index in [4.69, 9.17) is 4.74 Å². The molecule has 7 nitrogen and oxygen atoms in total. The number of aliphatic imine (C=N–C) groups is 1. The first-order chi connectivity index (χ1) is 12.5. The second-order valence-corrected chi connectivity index (χ2v) is 8.47. The summed E-state index contributed by atoms with van der Waals surface area (Å²) in [6.07, 6.45) is 5.71. The van der Waals surface area contributed by atoms with Gasteiger partial charge >= 0.3 is 0 Å². The predicted molar refractivity (Wildman–Crippen MR) is 117 cm³/mol. The maximum atomic E-state index is 6.02. The highest BCUT2D eigenvalue weighted by molar-refractivity contribution is 14.0. The second-order valence-electron chi connectivity index (χ2n) is 8.47. The minimum Gasteiger partial charge on any atom is -0.377 e. The summed E-state index contributed by atoms with van der Waals surface area (Å²) in [6, 6.07) is 0.748. The SMILES string of the molecule is CCc1nc2n(n1)CC(NC(=NC)NC1C3CCCOC3C1(C)C)CC2.I. The molecule has 0 bridgehead atoms. The Balaban J connectivity index is 0.00000210. The number of aryl methyl sites for hydroxylation is 2. The van der Waals surface area contributed by atoms with Crippen molar-refractivity contribution in [3.8, 4) is 0 Å². The van der Waals surface area contributed by atoms with Gasteiger partial charge in [-0.2, -0.15) is 5.10 Å². The Morgan fingerprint density at radius 2 is 2.15 bits per heavy atom. The van der Waals surface area contributed by atoms with Crippen LogP contribution >= 0.6 is 24.0 Å². The largest absolute Gasteiger partial charge is 0.377 e. The van der Waals surface area contributed by atoms with Crippen LogP contribution in [-0.4, -0.2) is 52.6 Å². The number of guanidine groups is 1. The third-order valence-electron chi connectivity index (χ3n) is 6.41. The van der Waals surface area contributed by atoms with E-state index >= 15 is 0 Å². The summed E-state index contributed by atoms with van der Waals surface area (Å²) in [5.74, 6) is 3.56. The number of rotatable bonds is 3. The fraction of sp³-hybridized carbons (Fsp3) is 0.842. The molecule has 2 fully saturated rings. The Hall–Kier alpha value is -0.900. The van der Waals surface area contributed by atoms with E-state index in [1.807, 2.05) is 7.05 Å². The molecule has 0 spiro atoms. The Morgan fingerprint density at radius 3 is 2.89 bits per heavy atom. The molecule has 2 aliphatic heterocycles. The average molecular weight is 488 g/mol. The van der Waals surface area contributed by atoms with Gasteiger partial charge in [-0.1, -0.05) is 20.8 Å². The van der Waals surface area contributed by atoms with Crippen LogP contribution in [0, 0.1) is 11.3 Å². The molecule has 1 aliphatic carbocycles. The van der Waals surface area contributed by atoms with Crippen LogP contribution in [0.5, 0.6) is 0 Å². The van der Waals surface area contributed by atoms with Gasteiger partial charge in [0.05, 0.1) is 12.6 Å². The van der Waals surface area contributed by atoms with Crippen LogP contribution in [0.25, 0.3) is 0 Å². The summed E-state index contributed by atoms with van der Waals surface area (Å²) in [4.78, 5) is 9.10. The van der Waals surface area contributed by atoms with Crippen molar-refractivity contribution in [3.05, 3.63) is 11.6 Å². The van der Waals surface area contributed by atoms with Crippen LogP contribution in [0.2, 0.25) is 0 Å². The number of aromatic nitrogens is 3. The van der Waals surface area contributed by atoms with Gasteiger partial charge in [-0.25, -0.2) is 9.67 Å². The number of hydrogen-bond acceptors (Lipinski definition) is 4. The molecule has 1 aromatic rings. The molecule has 2 N–H and O–H groups in total. The molecule has 0 aromatic carbocycles. The normalized spacial score (nSPS) is 31.8. The van der Waals surface area contributed by atoms with Crippen LogP contribution in [0.15, 0.2) is 4.99 Å². The van der Waals surface area contributed by atoms with Crippen molar-refractivity contribution in [2.75, 3.05) is 13.7 Å². The van der Waals surface area contributed by atoms with Crippen molar-refractivity contribution in [1.29, 1.82) is 0 Å². The first kappa shape index (κ1) is 20.8. The van der Waals surface area contributed by atoms with Crippen LogP contribution in [-0.2, 0) is 24.1 Å². The lowest BCUT2D eigenvalue weighted by Gasteiger charge is -2.60. The summed E-state index contributed by atoms with van der Waals surface area (Å²) in [5, 5.41) is 11.9. The first-order valence-electron chi connectivity index (χ1n) is 10.1. The number of ether oxygens (including phenoxy) is 1. The minimum atomic E-state index is 0. The summed E-state index contributed by atoms with van der Waals surface area (Å²) < 4.78 is 8.08. The van der Waals surface area contributed by atoms with E-state index in [0.29, 0.717) is 24.1 Å². The molecule has 1 saturated heterocycles. The predicted octanol–water partition coefficient (Wildman–Crippen LogP) is 2.14. The topological polar surface area (TPSA) is 76.4 Å². The van der Waals surface area contributed by atoms with Crippen molar-refractivity contribution in [3.63, 3.8) is 0 Å². The molecule has 27 heavy (non-hydrogen) atoms. The van der Waals surface area contributed by atoms with Crippen LogP contribution in [0.1, 0.15) is 51.7 Å². The van der Waals surface area contributed by atoms with E-state index in [1.54, 1.807) is 0 Å². The van der Waals surface area contributed by atoms with Gasteiger partial charge in [0.2, 0.25) is 0 Å². The summed E-state index contributed by atoms with van der Waals surface area (Å²) in [7, 11) is 1.86. The molecular weight excluding hydrogens is 455 g/mol. The zero-order valence-corrected chi connectivity index (χ0v) is 19.2. The number of halogens is 1. The third kappa shape index (κ3) is 3.83. The maximum absolute atomic E-state index is 6.02. The Labute approximate surface area is 179 Å². The zero-order valence-electron chi connectivity index (χ0n) is 16.9. The molecule has 8 heteroatoms. The fourth-order valence-electron chi connectivity index (χ4n) is 4.96. The van der Waals surface area contributed by atoms with Crippen molar-refractivity contribution in [2.24, 2.45) is 16.3 Å². The van der Waals surface area contributed by atoms with Crippen molar-refractivity contribution >= 4 is 29.9 Å². The van der Waals surface area contributed by atoms with Crippen LogP contribution in [0.3, 0.4) is 0 Å². The number of fused-ring (bicyclic) bond motifs is 2. The Kier molecular flexibility index (Phi) is 6.34. The third-order valence-corrected chi connectivity index (χ3v) is 6.41. The molecular formula is C19H33IN6O. The van der Waals surface area contributed by atoms with Gasteiger partial charge in [0.15, 0.2) is 11.8 Å². The highest BCUT2D eigenvalue weighted by Crippen LogP contribution is 2.51. The molecule has 4 atom stereocenters. The van der Waals surface area contributed by atoms with E-state index in [0.717, 1.165) is 50.0 Å². The number of nitrogens with one attached hydrogen (secondary N) is 2. The Bertz CT molecular complexity index is 688. The molecule has 3 aliphatic rings. The molecule has 1 saturated carbocycles. The van der Waals surface area contributed by atoms with E-state index in [1.165, 1.54) is 12.8 Å². The lowest BCUT2D eigenvalue weighted by atomic mass is 9.55. The zero-order chi connectivity index (χ0) is 18.3. The molecule has 152 valence electrons. The lowest BCUT2D eigenvalue weighted by Crippen LogP contribution is -2.71. The molecule has 0 radical (unpaired) electrons. The van der Waals surface area contributed by atoms with Gasteiger partial charge in [-0.15, -0.1) is 24.0 Å².